The van der Waals surface area contributed by atoms with Gasteiger partial charge in [-0.15, -0.1) is 11.3 Å². The van der Waals surface area contributed by atoms with Crippen LogP contribution in [0.25, 0.3) is 0 Å². The number of rotatable bonds is 4. The summed E-state index contributed by atoms with van der Waals surface area (Å²) in [5, 5.41) is 4.07. The fraction of sp³-hybridized carbons (Fsp3) is 0.412. The Morgan fingerprint density at radius 3 is 2.92 bits per heavy atom. The highest BCUT2D eigenvalue weighted by atomic mass is 32.1. The van der Waals surface area contributed by atoms with Gasteiger partial charge >= 0.3 is 6.18 Å². The third-order valence-corrected chi connectivity index (χ3v) is 4.98. The molecule has 1 saturated heterocycles. The van der Waals surface area contributed by atoms with Crippen LogP contribution in [0.5, 0.6) is 0 Å². The van der Waals surface area contributed by atoms with E-state index in [1.165, 1.54) is 17.4 Å². The number of nitrogens with zero attached hydrogens (tertiary/aromatic N) is 1. The predicted octanol–water partition coefficient (Wildman–Crippen LogP) is 4.18. The van der Waals surface area contributed by atoms with Gasteiger partial charge in [-0.3, -0.25) is 4.79 Å². The van der Waals surface area contributed by atoms with E-state index < -0.39 is 17.8 Å². The Labute approximate surface area is 147 Å². The van der Waals surface area contributed by atoms with E-state index in [0.717, 1.165) is 18.6 Å². The quantitative estimate of drug-likeness (QED) is 0.878. The van der Waals surface area contributed by atoms with Crippen molar-refractivity contribution in [1.82, 2.24) is 4.98 Å². The molecule has 134 valence electrons. The Balaban J connectivity index is 1.71. The fourth-order valence-electron chi connectivity index (χ4n) is 2.65. The summed E-state index contributed by atoms with van der Waals surface area (Å²) < 4.78 is 43.7. The minimum Gasteiger partial charge on any atom is -0.368 e. The molecule has 0 radical (unpaired) electrons. The molecule has 0 saturated carbocycles. The standard InChI is InChI=1S/C17H17F3N2O2S/c1-10-16(22-15(23)13-6-3-7-24-13)25-14(21-10)9-11-4-2-5-12(8-11)17(18,19)20/h2,4-5,8,13H,3,6-7,9H2,1H3,(H,22,23). The molecule has 1 amide bonds. The summed E-state index contributed by atoms with van der Waals surface area (Å²) in [5.74, 6) is -0.199. The van der Waals surface area contributed by atoms with Crippen LogP contribution in [0, 0.1) is 6.92 Å². The Bertz CT molecular complexity index is 767. The van der Waals surface area contributed by atoms with E-state index in [4.69, 9.17) is 4.74 Å². The molecule has 1 aliphatic rings. The summed E-state index contributed by atoms with van der Waals surface area (Å²) >= 11 is 1.27. The lowest BCUT2D eigenvalue weighted by molar-refractivity contribution is -0.137. The van der Waals surface area contributed by atoms with Crippen LogP contribution in [0.15, 0.2) is 24.3 Å². The summed E-state index contributed by atoms with van der Waals surface area (Å²) in [4.78, 5) is 16.5. The number of aryl methyl sites for hydroxylation is 1. The van der Waals surface area contributed by atoms with Crippen molar-refractivity contribution in [2.45, 2.75) is 38.5 Å². The minimum atomic E-state index is -4.37. The predicted molar refractivity (Wildman–Crippen MR) is 88.7 cm³/mol. The van der Waals surface area contributed by atoms with Gasteiger partial charge in [-0.1, -0.05) is 18.2 Å². The fourth-order valence-corrected chi connectivity index (χ4v) is 3.65. The van der Waals surface area contributed by atoms with E-state index in [-0.39, 0.29) is 12.3 Å². The second-order valence-corrected chi connectivity index (χ2v) is 6.97. The first-order valence-corrected chi connectivity index (χ1v) is 8.69. The molecule has 25 heavy (non-hydrogen) atoms. The number of anilines is 1. The van der Waals surface area contributed by atoms with Crippen molar-refractivity contribution in [2.24, 2.45) is 0 Å². The summed E-state index contributed by atoms with van der Waals surface area (Å²) in [5.41, 5.74) is 0.504. The first kappa shape index (κ1) is 17.9. The number of thiazole rings is 1. The number of hydrogen-bond acceptors (Lipinski definition) is 4. The average Bonchev–Trinajstić information content (AvgIpc) is 3.17. The van der Waals surface area contributed by atoms with Crippen LogP contribution < -0.4 is 5.32 Å². The van der Waals surface area contributed by atoms with Gasteiger partial charge in [-0.2, -0.15) is 13.2 Å². The van der Waals surface area contributed by atoms with Crippen LogP contribution in [0.3, 0.4) is 0 Å². The van der Waals surface area contributed by atoms with Crippen molar-refractivity contribution in [3.05, 3.63) is 46.1 Å². The molecular weight excluding hydrogens is 353 g/mol. The van der Waals surface area contributed by atoms with Crippen molar-refractivity contribution in [3.63, 3.8) is 0 Å². The molecule has 2 heterocycles. The largest absolute Gasteiger partial charge is 0.416 e. The summed E-state index contributed by atoms with van der Waals surface area (Å²) in [6, 6.07) is 5.19. The number of nitrogens with one attached hydrogen (secondary N) is 1. The van der Waals surface area contributed by atoms with E-state index in [1.54, 1.807) is 13.0 Å². The van der Waals surface area contributed by atoms with Crippen molar-refractivity contribution < 1.29 is 22.7 Å². The van der Waals surface area contributed by atoms with E-state index in [2.05, 4.69) is 10.3 Å². The molecule has 8 heteroatoms. The molecule has 1 N–H and O–H groups in total. The zero-order valence-electron chi connectivity index (χ0n) is 13.5. The van der Waals surface area contributed by atoms with Gasteiger partial charge in [0.15, 0.2) is 0 Å². The van der Waals surface area contributed by atoms with Crippen LogP contribution in [-0.2, 0) is 22.1 Å². The van der Waals surface area contributed by atoms with E-state index >= 15 is 0 Å². The van der Waals surface area contributed by atoms with E-state index in [1.807, 2.05) is 0 Å². The van der Waals surface area contributed by atoms with Crippen LogP contribution >= 0.6 is 11.3 Å². The number of halogens is 3. The number of ether oxygens (including phenoxy) is 1. The Hall–Kier alpha value is -1.93. The molecule has 1 atom stereocenters. The van der Waals surface area contributed by atoms with Gasteiger partial charge in [0.05, 0.1) is 16.3 Å². The molecule has 1 fully saturated rings. The van der Waals surface area contributed by atoms with Crippen LogP contribution in [0.4, 0.5) is 18.2 Å². The van der Waals surface area contributed by atoms with Gasteiger partial charge in [-0.25, -0.2) is 4.98 Å². The Morgan fingerprint density at radius 1 is 1.44 bits per heavy atom. The SMILES string of the molecule is Cc1nc(Cc2cccc(C(F)(F)F)c2)sc1NC(=O)C1CCCO1. The van der Waals surface area contributed by atoms with Gasteiger partial charge in [0.25, 0.3) is 5.91 Å². The third kappa shape index (κ3) is 4.38. The maximum atomic E-state index is 12.8. The first-order valence-electron chi connectivity index (χ1n) is 7.88. The van der Waals surface area contributed by atoms with Crippen LogP contribution in [0.2, 0.25) is 0 Å². The summed E-state index contributed by atoms with van der Waals surface area (Å²) in [6.45, 7) is 2.35. The molecule has 2 aromatic rings. The van der Waals surface area contributed by atoms with Crippen LogP contribution in [-0.4, -0.2) is 23.6 Å². The summed E-state index contributed by atoms with van der Waals surface area (Å²) in [7, 11) is 0. The number of hydrogen-bond donors (Lipinski definition) is 1. The molecule has 0 spiro atoms. The monoisotopic (exact) mass is 370 g/mol. The molecule has 1 aliphatic heterocycles. The number of benzene rings is 1. The topological polar surface area (TPSA) is 51.2 Å². The highest BCUT2D eigenvalue weighted by Crippen LogP contribution is 2.31. The molecular formula is C17H17F3N2O2S. The number of carbonyl (C=O) groups excluding carboxylic acids is 1. The lowest BCUT2D eigenvalue weighted by atomic mass is 10.1. The maximum Gasteiger partial charge on any atom is 0.416 e. The molecule has 1 aromatic heterocycles. The third-order valence-electron chi connectivity index (χ3n) is 3.91. The Morgan fingerprint density at radius 2 is 2.24 bits per heavy atom. The van der Waals surface area contributed by atoms with Crippen molar-refractivity contribution in [2.75, 3.05) is 11.9 Å². The van der Waals surface area contributed by atoms with Gasteiger partial charge in [0, 0.05) is 13.0 Å². The normalized spacial score (nSPS) is 17.7. The van der Waals surface area contributed by atoms with E-state index in [0.29, 0.717) is 34.3 Å². The summed E-state index contributed by atoms with van der Waals surface area (Å²) in [6.07, 6.45) is -2.96. The Kier molecular flexibility index (Phi) is 5.10. The molecule has 0 bridgehead atoms. The minimum absolute atomic E-state index is 0.199. The number of carbonyl (C=O) groups is 1. The lowest BCUT2D eigenvalue weighted by Crippen LogP contribution is -2.26. The van der Waals surface area contributed by atoms with Crippen LogP contribution in [0.1, 0.15) is 34.7 Å². The highest BCUT2D eigenvalue weighted by molar-refractivity contribution is 7.16. The van der Waals surface area contributed by atoms with Gasteiger partial charge < -0.3 is 10.1 Å². The molecule has 0 aliphatic carbocycles. The van der Waals surface area contributed by atoms with Gasteiger partial charge in [-0.05, 0) is 31.4 Å². The average molecular weight is 370 g/mol. The number of alkyl halides is 3. The smallest absolute Gasteiger partial charge is 0.368 e. The molecule has 1 unspecified atom stereocenters. The van der Waals surface area contributed by atoms with Crippen molar-refractivity contribution in [3.8, 4) is 0 Å². The molecule has 4 nitrogen and oxygen atoms in total. The highest BCUT2D eigenvalue weighted by Gasteiger charge is 2.30. The first-order chi connectivity index (χ1) is 11.8. The lowest BCUT2D eigenvalue weighted by Gasteiger charge is -2.09. The second-order valence-electron chi connectivity index (χ2n) is 5.89. The van der Waals surface area contributed by atoms with Gasteiger partial charge in [0.1, 0.15) is 11.1 Å². The van der Waals surface area contributed by atoms with Crippen molar-refractivity contribution >= 4 is 22.2 Å². The number of aromatic nitrogens is 1. The zero-order valence-corrected chi connectivity index (χ0v) is 14.3. The van der Waals surface area contributed by atoms with E-state index in [9.17, 15) is 18.0 Å². The maximum absolute atomic E-state index is 12.8. The van der Waals surface area contributed by atoms with Gasteiger partial charge in [0.2, 0.25) is 0 Å². The molecule has 1 aromatic carbocycles. The van der Waals surface area contributed by atoms with Crippen molar-refractivity contribution in [1.29, 1.82) is 0 Å². The second kappa shape index (κ2) is 7.13. The number of amides is 1. The molecule has 3 rings (SSSR count). The zero-order chi connectivity index (χ0) is 18.0.